The van der Waals surface area contributed by atoms with Crippen LogP contribution in [0.1, 0.15) is 10.7 Å². The predicted molar refractivity (Wildman–Crippen MR) is 73.0 cm³/mol. The second-order valence-electron chi connectivity index (χ2n) is 3.94. The number of fused-ring (bicyclic) bond motifs is 1. The van der Waals surface area contributed by atoms with Gasteiger partial charge in [-0.15, -0.1) is 16.4 Å². The first-order chi connectivity index (χ1) is 8.56. The lowest BCUT2D eigenvalue weighted by Crippen LogP contribution is -2.02. The zero-order chi connectivity index (χ0) is 12.9. The van der Waals surface area contributed by atoms with E-state index in [1.807, 2.05) is 26.0 Å². The molecule has 0 aliphatic rings. The molecule has 3 aromatic rings. The second-order valence-corrected chi connectivity index (χ2v) is 5.61. The van der Waals surface area contributed by atoms with Gasteiger partial charge in [-0.2, -0.15) is 4.52 Å². The van der Waals surface area contributed by atoms with Crippen LogP contribution in [0.4, 0.5) is 5.82 Å². The van der Waals surface area contributed by atoms with Crippen LogP contribution < -0.4 is 5.73 Å². The van der Waals surface area contributed by atoms with Gasteiger partial charge in [-0.3, -0.25) is 0 Å². The van der Waals surface area contributed by atoms with Gasteiger partial charge in [-0.05, 0) is 26.0 Å². The van der Waals surface area contributed by atoms with E-state index < -0.39 is 0 Å². The minimum atomic E-state index is 0.276. The van der Waals surface area contributed by atoms with Crippen molar-refractivity contribution in [2.45, 2.75) is 13.8 Å². The Kier molecular flexibility index (Phi) is 2.49. The van der Waals surface area contributed by atoms with Gasteiger partial charge in [0.2, 0.25) is 0 Å². The quantitative estimate of drug-likeness (QED) is 0.743. The zero-order valence-corrected chi connectivity index (χ0v) is 11.4. The molecule has 92 valence electrons. The fourth-order valence-electron chi connectivity index (χ4n) is 1.74. The average molecular weight is 280 g/mol. The molecule has 0 spiro atoms. The lowest BCUT2D eigenvalue weighted by Gasteiger charge is -2.04. The van der Waals surface area contributed by atoms with Crippen LogP contribution in [0.25, 0.3) is 16.3 Å². The molecule has 0 aliphatic carbocycles. The Morgan fingerprint density at radius 2 is 2.06 bits per heavy atom. The highest BCUT2D eigenvalue weighted by Crippen LogP contribution is 2.30. The molecule has 0 saturated carbocycles. The van der Waals surface area contributed by atoms with E-state index in [9.17, 15) is 0 Å². The fourth-order valence-corrected chi connectivity index (χ4v) is 2.75. The molecule has 0 bridgehead atoms. The van der Waals surface area contributed by atoms with Crippen LogP contribution in [-0.2, 0) is 0 Å². The van der Waals surface area contributed by atoms with Crippen LogP contribution >= 0.6 is 22.9 Å². The monoisotopic (exact) mass is 279 g/mol. The molecule has 0 aromatic carbocycles. The van der Waals surface area contributed by atoms with Gasteiger partial charge in [0.05, 0.1) is 4.88 Å². The molecule has 3 aromatic heterocycles. The van der Waals surface area contributed by atoms with Crippen LogP contribution in [-0.4, -0.2) is 19.6 Å². The number of nitrogens with zero attached hydrogens (tertiary/aromatic N) is 4. The molecule has 5 nitrogen and oxygen atoms in total. The summed E-state index contributed by atoms with van der Waals surface area (Å²) in [7, 11) is 0. The third kappa shape index (κ3) is 1.65. The van der Waals surface area contributed by atoms with Crippen LogP contribution in [0.15, 0.2) is 12.1 Å². The van der Waals surface area contributed by atoms with E-state index in [0.717, 1.165) is 4.88 Å². The molecule has 3 rings (SSSR count). The molecular formula is C11H10ClN5S. The number of nitrogen functional groups attached to an aromatic ring is 1. The lowest BCUT2D eigenvalue weighted by atomic mass is 10.4. The Balaban J connectivity index is 2.38. The van der Waals surface area contributed by atoms with E-state index in [4.69, 9.17) is 17.3 Å². The maximum atomic E-state index is 6.10. The molecule has 0 fully saturated rings. The molecule has 0 radical (unpaired) electrons. The van der Waals surface area contributed by atoms with Gasteiger partial charge in [-0.1, -0.05) is 11.6 Å². The molecule has 0 saturated heterocycles. The Hall–Kier alpha value is -1.66. The number of halogens is 1. The summed E-state index contributed by atoms with van der Waals surface area (Å²) in [5, 5.41) is 4.65. The minimum absolute atomic E-state index is 0.276. The Morgan fingerprint density at radius 3 is 2.72 bits per heavy atom. The van der Waals surface area contributed by atoms with Gasteiger partial charge in [0.15, 0.2) is 11.5 Å². The summed E-state index contributed by atoms with van der Waals surface area (Å²) in [6, 6.07) is 4.02. The normalized spacial score (nSPS) is 11.3. The highest BCUT2D eigenvalue weighted by Gasteiger charge is 2.16. The number of hydrogen-bond acceptors (Lipinski definition) is 5. The molecule has 0 atom stereocenters. The maximum Gasteiger partial charge on any atom is 0.180 e. The van der Waals surface area contributed by atoms with Gasteiger partial charge < -0.3 is 5.73 Å². The number of aryl methyl sites for hydroxylation is 2. The number of rotatable bonds is 1. The molecular weight excluding hydrogens is 270 g/mol. The van der Waals surface area contributed by atoms with Gasteiger partial charge in [0.25, 0.3) is 0 Å². The number of nitrogens with two attached hydrogens (primary N) is 1. The third-order valence-corrected chi connectivity index (χ3v) is 3.88. The van der Waals surface area contributed by atoms with Crippen molar-refractivity contribution in [3.05, 3.63) is 27.9 Å². The fraction of sp³-hybridized carbons (Fsp3) is 0.182. The molecule has 0 unspecified atom stereocenters. The second kappa shape index (κ2) is 3.93. The van der Waals surface area contributed by atoms with E-state index >= 15 is 0 Å². The van der Waals surface area contributed by atoms with Crippen LogP contribution in [0.2, 0.25) is 5.02 Å². The summed E-state index contributed by atoms with van der Waals surface area (Å²) in [5.74, 6) is 1.59. The van der Waals surface area contributed by atoms with Crippen molar-refractivity contribution in [3.8, 4) is 10.7 Å². The Labute approximate surface area is 112 Å². The molecule has 7 heteroatoms. The van der Waals surface area contributed by atoms with E-state index in [-0.39, 0.29) is 5.82 Å². The highest BCUT2D eigenvalue weighted by molar-refractivity contribution is 7.15. The summed E-state index contributed by atoms with van der Waals surface area (Å²) in [5.41, 5.74) is 6.36. The lowest BCUT2D eigenvalue weighted by molar-refractivity contribution is 0.915. The maximum absolute atomic E-state index is 6.10. The first kappa shape index (κ1) is 11.4. The van der Waals surface area contributed by atoms with Gasteiger partial charge in [0, 0.05) is 4.88 Å². The van der Waals surface area contributed by atoms with E-state index in [0.29, 0.717) is 22.3 Å². The summed E-state index contributed by atoms with van der Waals surface area (Å²) in [6.45, 7) is 3.85. The van der Waals surface area contributed by atoms with E-state index in [2.05, 4.69) is 15.1 Å². The molecule has 18 heavy (non-hydrogen) atoms. The van der Waals surface area contributed by atoms with E-state index in [1.54, 1.807) is 15.9 Å². The van der Waals surface area contributed by atoms with Crippen molar-refractivity contribution in [1.82, 2.24) is 19.6 Å². The summed E-state index contributed by atoms with van der Waals surface area (Å²) >= 11 is 7.73. The van der Waals surface area contributed by atoms with Crippen molar-refractivity contribution in [2.75, 3.05) is 5.73 Å². The third-order valence-electron chi connectivity index (χ3n) is 2.52. The van der Waals surface area contributed by atoms with Crippen LogP contribution in [0.3, 0.4) is 0 Å². The van der Waals surface area contributed by atoms with Gasteiger partial charge in [-0.25, -0.2) is 9.97 Å². The molecule has 0 amide bonds. The number of thiophene rings is 1. The zero-order valence-electron chi connectivity index (χ0n) is 9.81. The number of aromatic nitrogens is 4. The van der Waals surface area contributed by atoms with Crippen molar-refractivity contribution in [3.63, 3.8) is 0 Å². The largest absolute Gasteiger partial charge is 0.382 e. The van der Waals surface area contributed by atoms with Crippen molar-refractivity contribution in [2.24, 2.45) is 0 Å². The standard InChI is InChI=1S/C11H10ClN5S/c1-5-3-4-7(18-5)10-15-9(13)8(12)11-14-6(2)16-17(10)11/h3-4H,13H2,1-2H3. The summed E-state index contributed by atoms with van der Waals surface area (Å²) in [6.07, 6.45) is 0. The average Bonchev–Trinajstić information content (AvgIpc) is 2.90. The summed E-state index contributed by atoms with van der Waals surface area (Å²) in [4.78, 5) is 10.8. The van der Waals surface area contributed by atoms with Crippen molar-refractivity contribution < 1.29 is 0 Å². The van der Waals surface area contributed by atoms with Crippen LogP contribution in [0.5, 0.6) is 0 Å². The minimum Gasteiger partial charge on any atom is -0.382 e. The smallest absolute Gasteiger partial charge is 0.180 e. The Morgan fingerprint density at radius 1 is 1.28 bits per heavy atom. The van der Waals surface area contributed by atoms with Crippen molar-refractivity contribution in [1.29, 1.82) is 0 Å². The SMILES string of the molecule is Cc1nc2c(Cl)c(N)nc(-c3ccc(C)s3)n2n1. The van der Waals surface area contributed by atoms with Gasteiger partial charge in [0.1, 0.15) is 16.7 Å². The molecule has 2 N–H and O–H groups in total. The van der Waals surface area contributed by atoms with Crippen molar-refractivity contribution >= 4 is 34.4 Å². The molecule has 3 heterocycles. The van der Waals surface area contributed by atoms with Gasteiger partial charge >= 0.3 is 0 Å². The number of anilines is 1. The summed E-state index contributed by atoms with van der Waals surface area (Å²) < 4.78 is 1.64. The predicted octanol–water partition coefficient (Wildman–Crippen LogP) is 2.71. The Bertz CT molecular complexity index is 745. The first-order valence-electron chi connectivity index (χ1n) is 5.31. The van der Waals surface area contributed by atoms with E-state index in [1.165, 1.54) is 4.88 Å². The number of hydrogen-bond donors (Lipinski definition) is 1. The van der Waals surface area contributed by atoms with Crippen LogP contribution in [0, 0.1) is 13.8 Å². The first-order valence-corrected chi connectivity index (χ1v) is 6.51. The highest BCUT2D eigenvalue weighted by atomic mass is 35.5. The molecule has 0 aliphatic heterocycles. The topological polar surface area (TPSA) is 69.1 Å².